The molecular formula is C28H48O. The van der Waals surface area contributed by atoms with Gasteiger partial charge in [-0.25, -0.2) is 0 Å². The van der Waals surface area contributed by atoms with E-state index in [0.29, 0.717) is 10.8 Å². The lowest BCUT2D eigenvalue weighted by Crippen LogP contribution is -2.50. The molecule has 4 aliphatic carbocycles. The van der Waals surface area contributed by atoms with Gasteiger partial charge in [-0.05, 0) is 118 Å². The van der Waals surface area contributed by atoms with E-state index in [1.165, 1.54) is 64.2 Å². The van der Waals surface area contributed by atoms with Crippen molar-refractivity contribution in [2.45, 2.75) is 118 Å². The van der Waals surface area contributed by atoms with E-state index in [4.69, 9.17) is 0 Å². The van der Waals surface area contributed by atoms with Crippen molar-refractivity contribution in [2.75, 3.05) is 0 Å². The minimum atomic E-state index is -0.501. The summed E-state index contributed by atoms with van der Waals surface area (Å²) in [4.78, 5) is 0. The molecule has 0 aromatic carbocycles. The molecule has 0 aliphatic heterocycles. The summed E-state index contributed by atoms with van der Waals surface area (Å²) in [5.74, 6) is 5.48. The first-order valence-electron chi connectivity index (χ1n) is 13.0. The molecule has 0 radical (unpaired) electrons. The van der Waals surface area contributed by atoms with Gasteiger partial charge in [-0.1, -0.05) is 52.2 Å². The van der Waals surface area contributed by atoms with Gasteiger partial charge in [0, 0.05) is 0 Å². The Balaban J connectivity index is 1.47. The van der Waals surface area contributed by atoms with Crippen molar-refractivity contribution in [1.29, 1.82) is 0 Å². The molecule has 166 valence electrons. The zero-order chi connectivity index (χ0) is 21.0. The van der Waals surface area contributed by atoms with Crippen LogP contribution in [0.2, 0.25) is 0 Å². The standard InChI is InChI=1S/C28H48O/c1-19-13-16-27(5)21(18-19)9-10-22-24-12-11-23(28(24,6)17-14-25(22)27)20(2)8-7-15-26(3,4)29/h9,19-20,22-25,29H,7-8,10-18H2,1-6H3/t19-,20+,22?,23?,24?,25?,27-,28+/m0/s1. The second-order valence-electron chi connectivity index (χ2n) is 13.0. The Hall–Kier alpha value is -0.300. The molecule has 4 unspecified atom stereocenters. The molecule has 1 nitrogen and oxygen atoms in total. The lowest BCUT2D eigenvalue weighted by Gasteiger charge is -2.58. The highest BCUT2D eigenvalue weighted by atomic mass is 16.3. The van der Waals surface area contributed by atoms with E-state index in [9.17, 15) is 5.11 Å². The van der Waals surface area contributed by atoms with Crippen LogP contribution in [0.1, 0.15) is 112 Å². The molecule has 0 amide bonds. The van der Waals surface area contributed by atoms with Crippen LogP contribution in [0, 0.1) is 46.3 Å². The lowest BCUT2D eigenvalue weighted by atomic mass is 9.46. The molecule has 8 atom stereocenters. The molecule has 0 heterocycles. The van der Waals surface area contributed by atoms with Gasteiger partial charge in [-0.3, -0.25) is 0 Å². The average molecular weight is 401 g/mol. The van der Waals surface area contributed by atoms with Gasteiger partial charge in [0.2, 0.25) is 0 Å². The molecule has 4 aliphatic rings. The van der Waals surface area contributed by atoms with E-state index in [0.717, 1.165) is 41.9 Å². The number of hydrogen-bond acceptors (Lipinski definition) is 1. The van der Waals surface area contributed by atoms with Crippen LogP contribution in [-0.4, -0.2) is 10.7 Å². The van der Waals surface area contributed by atoms with Crippen molar-refractivity contribution in [2.24, 2.45) is 46.3 Å². The van der Waals surface area contributed by atoms with Gasteiger partial charge in [0.15, 0.2) is 0 Å². The zero-order valence-electron chi connectivity index (χ0n) is 20.3. The summed E-state index contributed by atoms with van der Waals surface area (Å²) in [6, 6.07) is 0. The monoisotopic (exact) mass is 400 g/mol. The third-order valence-corrected chi connectivity index (χ3v) is 10.6. The van der Waals surface area contributed by atoms with E-state index >= 15 is 0 Å². The van der Waals surface area contributed by atoms with Gasteiger partial charge in [-0.2, -0.15) is 0 Å². The SMILES string of the molecule is C[C@H]1CC[C@@]2(C)C(=CCC3C4CCC([C@H](C)CCCC(C)(C)O)[C@@]4(C)CCC32)C1. The fraction of sp³-hybridized carbons (Fsp3) is 0.929. The van der Waals surface area contributed by atoms with Crippen molar-refractivity contribution in [1.82, 2.24) is 0 Å². The van der Waals surface area contributed by atoms with Crippen LogP contribution in [0.5, 0.6) is 0 Å². The van der Waals surface area contributed by atoms with Crippen LogP contribution in [-0.2, 0) is 0 Å². The van der Waals surface area contributed by atoms with Crippen LogP contribution < -0.4 is 0 Å². The highest BCUT2D eigenvalue weighted by Crippen LogP contribution is 2.67. The molecular weight excluding hydrogens is 352 g/mol. The molecule has 0 saturated heterocycles. The summed E-state index contributed by atoms with van der Waals surface area (Å²) in [6.07, 6.45) is 17.7. The summed E-state index contributed by atoms with van der Waals surface area (Å²) < 4.78 is 0. The number of aliphatic hydroxyl groups is 1. The molecule has 0 bridgehead atoms. The predicted octanol–water partition coefficient (Wildman–Crippen LogP) is 7.78. The molecule has 0 aromatic heterocycles. The van der Waals surface area contributed by atoms with Crippen LogP contribution in [0.25, 0.3) is 0 Å². The molecule has 3 fully saturated rings. The largest absolute Gasteiger partial charge is 0.390 e. The maximum atomic E-state index is 10.1. The Morgan fingerprint density at radius 2 is 1.86 bits per heavy atom. The van der Waals surface area contributed by atoms with Crippen molar-refractivity contribution in [3.8, 4) is 0 Å². The smallest absolute Gasteiger partial charge is 0.0591 e. The first-order valence-corrected chi connectivity index (χ1v) is 13.0. The first-order chi connectivity index (χ1) is 13.5. The van der Waals surface area contributed by atoms with Gasteiger partial charge in [0.1, 0.15) is 0 Å². The van der Waals surface area contributed by atoms with Crippen molar-refractivity contribution in [3.63, 3.8) is 0 Å². The minimum Gasteiger partial charge on any atom is -0.390 e. The fourth-order valence-corrected chi connectivity index (χ4v) is 8.88. The Morgan fingerprint density at radius 1 is 1.10 bits per heavy atom. The average Bonchev–Trinajstić information content (AvgIpc) is 2.98. The molecule has 1 N–H and O–H groups in total. The van der Waals surface area contributed by atoms with Crippen LogP contribution >= 0.6 is 0 Å². The molecule has 3 saturated carbocycles. The normalized spacial score (nSPS) is 45.8. The Kier molecular flexibility index (Phi) is 5.81. The summed E-state index contributed by atoms with van der Waals surface area (Å²) in [7, 11) is 0. The lowest BCUT2D eigenvalue weighted by molar-refractivity contribution is -0.0525. The number of fused-ring (bicyclic) bond motifs is 5. The van der Waals surface area contributed by atoms with E-state index in [-0.39, 0.29) is 0 Å². The maximum Gasteiger partial charge on any atom is 0.0591 e. The Bertz CT molecular complexity index is 627. The summed E-state index contributed by atoms with van der Waals surface area (Å²) >= 11 is 0. The summed E-state index contributed by atoms with van der Waals surface area (Å²) in [5.41, 5.74) is 2.43. The number of hydrogen-bond donors (Lipinski definition) is 1. The second-order valence-corrected chi connectivity index (χ2v) is 13.0. The van der Waals surface area contributed by atoms with Crippen LogP contribution in [0.3, 0.4) is 0 Å². The molecule has 0 aromatic rings. The minimum absolute atomic E-state index is 0.501. The van der Waals surface area contributed by atoms with E-state index < -0.39 is 5.60 Å². The summed E-state index contributed by atoms with van der Waals surface area (Å²) in [5, 5.41) is 10.1. The quantitative estimate of drug-likeness (QED) is 0.467. The number of rotatable bonds is 5. The molecule has 1 heteroatoms. The molecule has 0 spiro atoms. The highest BCUT2D eigenvalue weighted by Gasteiger charge is 2.58. The fourth-order valence-electron chi connectivity index (χ4n) is 8.88. The topological polar surface area (TPSA) is 20.2 Å². The van der Waals surface area contributed by atoms with E-state index in [1.54, 1.807) is 0 Å². The van der Waals surface area contributed by atoms with Gasteiger partial charge >= 0.3 is 0 Å². The molecule has 4 rings (SSSR count). The Morgan fingerprint density at radius 3 is 2.59 bits per heavy atom. The third-order valence-electron chi connectivity index (χ3n) is 10.6. The first kappa shape index (κ1) is 21.9. The Labute approximate surface area is 181 Å². The second kappa shape index (κ2) is 7.68. The van der Waals surface area contributed by atoms with Crippen molar-refractivity contribution < 1.29 is 5.11 Å². The maximum absolute atomic E-state index is 10.1. The van der Waals surface area contributed by atoms with E-state index in [2.05, 4.69) is 33.8 Å². The highest BCUT2D eigenvalue weighted by molar-refractivity contribution is 5.25. The van der Waals surface area contributed by atoms with Crippen LogP contribution in [0.15, 0.2) is 11.6 Å². The summed E-state index contributed by atoms with van der Waals surface area (Å²) in [6.45, 7) is 14.2. The van der Waals surface area contributed by atoms with Gasteiger partial charge in [0.05, 0.1) is 5.60 Å². The van der Waals surface area contributed by atoms with Crippen molar-refractivity contribution in [3.05, 3.63) is 11.6 Å². The van der Waals surface area contributed by atoms with Gasteiger partial charge in [-0.15, -0.1) is 0 Å². The van der Waals surface area contributed by atoms with Gasteiger partial charge < -0.3 is 5.11 Å². The third kappa shape index (κ3) is 3.88. The zero-order valence-corrected chi connectivity index (χ0v) is 20.3. The van der Waals surface area contributed by atoms with Gasteiger partial charge in [0.25, 0.3) is 0 Å². The molecule has 29 heavy (non-hydrogen) atoms. The van der Waals surface area contributed by atoms with Crippen LogP contribution in [0.4, 0.5) is 0 Å². The predicted molar refractivity (Wildman–Crippen MR) is 124 cm³/mol. The number of allylic oxidation sites excluding steroid dienone is 2. The van der Waals surface area contributed by atoms with E-state index in [1.807, 2.05) is 19.4 Å². The van der Waals surface area contributed by atoms with Crippen molar-refractivity contribution >= 4 is 0 Å².